The van der Waals surface area contributed by atoms with Gasteiger partial charge < -0.3 is 15.5 Å². The summed E-state index contributed by atoms with van der Waals surface area (Å²) in [7, 11) is 1.78. The van der Waals surface area contributed by atoms with E-state index < -0.39 is 0 Å². The Morgan fingerprint density at radius 1 is 1.44 bits per heavy atom. The highest BCUT2D eigenvalue weighted by atomic mass is 127. The Hall–Kier alpha value is -0.900. The first kappa shape index (κ1) is 22.1. The molecule has 1 aliphatic rings. The molecule has 142 valence electrons. The van der Waals surface area contributed by atoms with Gasteiger partial charge in [0, 0.05) is 49.9 Å². The van der Waals surface area contributed by atoms with E-state index in [2.05, 4.69) is 27.5 Å². The van der Waals surface area contributed by atoms with Crippen LogP contribution in [0, 0.1) is 19.8 Å². The standard InChI is InChI=1S/C17H29N5OS.HI/c1-11(2)16(23)22-9-7-14(10-22)21-17(18-5)19-8-6-15-12(3)20-13(4)24-15;/h11,14H,6-10H2,1-5H3,(H2,18,19,21);1H. The lowest BCUT2D eigenvalue weighted by molar-refractivity contribution is -0.133. The zero-order chi connectivity index (χ0) is 17.7. The number of likely N-dealkylation sites (tertiary alicyclic amines) is 1. The van der Waals surface area contributed by atoms with Gasteiger partial charge in [0.2, 0.25) is 5.91 Å². The molecule has 8 heteroatoms. The molecule has 1 amide bonds. The van der Waals surface area contributed by atoms with Crippen LogP contribution in [-0.2, 0) is 11.2 Å². The van der Waals surface area contributed by atoms with Crippen molar-refractivity contribution >= 4 is 47.2 Å². The van der Waals surface area contributed by atoms with Crippen LogP contribution in [0.1, 0.15) is 35.8 Å². The van der Waals surface area contributed by atoms with Gasteiger partial charge in [0.1, 0.15) is 0 Å². The number of aliphatic imine (C=N–C) groups is 1. The third-order valence-electron chi connectivity index (χ3n) is 4.20. The van der Waals surface area contributed by atoms with Gasteiger partial charge in [0.15, 0.2) is 5.96 Å². The van der Waals surface area contributed by atoms with Crippen LogP contribution in [0.5, 0.6) is 0 Å². The van der Waals surface area contributed by atoms with Crippen LogP contribution in [0.4, 0.5) is 0 Å². The second kappa shape index (κ2) is 10.3. The molecule has 25 heavy (non-hydrogen) atoms. The topological polar surface area (TPSA) is 69.6 Å². The summed E-state index contributed by atoms with van der Waals surface area (Å²) in [6, 6.07) is 0.270. The smallest absolute Gasteiger partial charge is 0.225 e. The maximum Gasteiger partial charge on any atom is 0.225 e. The van der Waals surface area contributed by atoms with Gasteiger partial charge in [0.25, 0.3) is 0 Å². The molecule has 0 spiro atoms. The van der Waals surface area contributed by atoms with E-state index in [1.54, 1.807) is 18.4 Å². The van der Waals surface area contributed by atoms with E-state index in [0.717, 1.165) is 49.1 Å². The molecule has 1 unspecified atom stereocenters. The van der Waals surface area contributed by atoms with Crippen LogP contribution in [-0.4, -0.2) is 54.5 Å². The Morgan fingerprint density at radius 2 is 2.16 bits per heavy atom. The summed E-state index contributed by atoms with van der Waals surface area (Å²) in [5, 5.41) is 7.91. The van der Waals surface area contributed by atoms with E-state index in [4.69, 9.17) is 0 Å². The van der Waals surface area contributed by atoms with Crippen LogP contribution in [0.25, 0.3) is 0 Å². The summed E-state index contributed by atoms with van der Waals surface area (Å²) >= 11 is 1.76. The van der Waals surface area contributed by atoms with Crippen molar-refractivity contribution in [1.29, 1.82) is 0 Å². The van der Waals surface area contributed by atoms with Crippen LogP contribution in [0.3, 0.4) is 0 Å². The number of halogens is 1. The molecular weight excluding hydrogens is 449 g/mol. The summed E-state index contributed by atoms with van der Waals surface area (Å²) in [6.45, 7) is 10.4. The van der Waals surface area contributed by atoms with E-state index in [1.807, 2.05) is 25.7 Å². The van der Waals surface area contributed by atoms with Crippen molar-refractivity contribution in [3.05, 3.63) is 15.6 Å². The third-order valence-corrected chi connectivity index (χ3v) is 5.34. The number of nitrogens with zero attached hydrogens (tertiary/aromatic N) is 3. The molecule has 2 rings (SSSR count). The van der Waals surface area contributed by atoms with E-state index >= 15 is 0 Å². The highest BCUT2D eigenvalue weighted by Crippen LogP contribution is 2.17. The minimum Gasteiger partial charge on any atom is -0.356 e. The average Bonchev–Trinajstić information content (AvgIpc) is 3.12. The highest BCUT2D eigenvalue weighted by molar-refractivity contribution is 14.0. The first-order chi connectivity index (χ1) is 11.4. The van der Waals surface area contributed by atoms with Crippen LogP contribution in [0.2, 0.25) is 0 Å². The molecule has 0 bridgehead atoms. The molecule has 0 radical (unpaired) electrons. The average molecular weight is 479 g/mol. The number of hydrogen-bond acceptors (Lipinski definition) is 4. The minimum absolute atomic E-state index is 0. The molecule has 1 atom stereocenters. The molecular formula is C17H30IN5OS. The second-order valence-electron chi connectivity index (χ2n) is 6.56. The number of carbonyl (C=O) groups excluding carboxylic acids is 1. The predicted molar refractivity (Wildman–Crippen MR) is 115 cm³/mol. The van der Waals surface area contributed by atoms with Crippen LogP contribution >= 0.6 is 35.3 Å². The number of guanidine groups is 1. The van der Waals surface area contributed by atoms with Gasteiger partial charge in [-0.25, -0.2) is 4.98 Å². The van der Waals surface area contributed by atoms with E-state index in [9.17, 15) is 4.79 Å². The van der Waals surface area contributed by atoms with Gasteiger partial charge in [0.05, 0.1) is 10.7 Å². The molecule has 2 N–H and O–H groups in total. The lowest BCUT2D eigenvalue weighted by Gasteiger charge is -2.20. The van der Waals surface area contributed by atoms with Crippen LogP contribution in [0.15, 0.2) is 4.99 Å². The van der Waals surface area contributed by atoms with Crippen molar-refractivity contribution in [2.24, 2.45) is 10.9 Å². The normalized spacial score (nSPS) is 17.6. The Labute approximate surface area is 171 Å². The van der Waals surface area contributed by atoms with E-state index in [0.29, 0.717) is 0 Å². The Balaban J connectivity index is 0.00000312. The lowest BCUT2D eigenvalue weighted by atomic mass is 10.2. The third kappa shape index (κ3) is 6.40. The van der Waals surface area contributed by atoms with Crippen molar-refractivity contribution in [1.82, 2.24) is 20.5 Å². The molecule has 1 aliphatic heterocycles. The van der Waals surface area contributed by atoms with Crippen LogP contribution < -0.4 is 10.6 Å². The van der Waals surface area contributed by atoms with Gasteiger partial charge in [-0.3, -0.25) is 9.79 Å². The summed E-state index contributed by atoms with van der Waals surface area (Å²) < 4.78 is 0. The quantitative estimate of drug-likeness (QED) is 0.387. The number of amides is 1. The van der Waals surface area contributed by atoms with Crippen molar-refractivity contribution in [2.45, 2.75) is 46.6 Å². The summed E-state index contributed by atoms with van der Waals surface area (Å²) in [5.41, 5.74) is 1.13. The number of aryl methyl sites for hydroxylation is 2. The van der Waals surface area contributed by atoms with Crippen molar-refractivity contribution in [3.63, 3.8) is 0 Å². The first-order valence-corrected chi connectivity index (χ1v) is 9.41. The molecule has 0 aliphatic carbocycles. The lowest BCUT2D eigenvalue weighted by Crippen LogP contribution is -2.45. The van der Waals surface area contributed by atoms with Crippen molar-refractivity contribution in [3.8, 4) is 0 Å². The molecule has 1 aromatic heterocycles. The molecule has 0 saturated carbocycles. The molecule has 6 nitrogen and oxygen atoms in total. The number of nitrogens with one attached hydrogen (secondary N) is 2. The summed E-state index contributed by atoms with van der Waals surface area (Å²) in [4.78, 5) is 24.1. The molecule has 0 aromatic carbocycles. The van der Waals surface area contributed by atoms with E-state index in [-0.39, 0.29) is 41.8 Å². The Bertz CT molecular complexity index is 602. The fourth-order valence-electron chi connectivity index (χ4n) is 2.93. The zero-order valence-electron chi connectivity index (χ0n) is 15.8. The number of thiazole rings is 1. The number of aromatic nitrogens is 1. The largest absolute Gasteiger partial charge is 0.356 e. The van der Waals surface area contributed by atoms with Gasteiger partial charge in [-0.1, -0.05) is 13.8 Å². The zero-order valence-corrected chi connectivity index (χ0v) is 18.9. The van der Waals surface area contributed by atoms with Gasteiger partial charge in [-0.2, -0.15) is 0 Å². The summed E-state index contributed by atoms with van der Waals surface area (Å²) in [5.74, 6) is 1.10. The maximum atomic E-state index is 12.1. The van der Waals surface area contributed by atoms with Gasteiger partial charge in [-0.15, -0.1) is 35.3 Å². The molecule has 1 saturated heterocycles. The number of rotatable bonds is 5. The minimum atomic E-state index is 0. The molecule has 2 heterocycles. The fourth-order valence-corrected chi connectivity index (χ4v) is 3.87. The van der Waals surface area contributed by atoms with E-state index in [1.165, 1.54) is 4.88 Å². The Morgan fingerprint density at radius 3 is 2.72 bits per heavy atom. The fraction of sp³-hybridized carbons (Fsp3) is 0.706. The molecule has 1 fully saturated rings. The Kier molecular flexibility index (Phi) is 9.12. The monoisotopic (exact) mass is 479 g/mol. The highest BCUT2D eigenvalue weighted by Gasteiger charge is 2.27. The second-order valence-corrected chi connectivity index (χ2v) is 7.85. The first-order valence-electron chi connectivity index (χ1n) is 8.59. The van der Waals surface area contributed by atoms with Crippen molar-refractivity contribution in [2.75, 3.05) is 26.7 Å². The SMILES string of the molecule is CN=C(NCCc1sc(C)nc1C)NC1CCN(C(=O)C(C)C)C1.I. The number of carbonyl (C=O) groups is 1. The van der Waals surface area contributed by atoms with Gasteiger partial charge >= 0.3 is 0 Å². The number of hydrogen-bond donors (Lipinski definition) is 2. The predicted octanol–water partition coefficient (Wildman–Crippen LogP) is 2.34. The summed E-state index contributed by atoms with van der Waals surface area (Å²) in [6.07, 6.45) is 1.91. The molecule has 1 aromatic rings. The van der Waals surface area contributed by atoms with Crippen molar-refractivity contribution < 1.29 is 4.79 Å². The van der Waals surface area contributed by atoms with Gasteiger partial charge in [-0.05, 0) is 20.3 Å². The maximum absolute atomic E-state index is 12.1.